The van der Waals surface area contributed by atoms with Crippen LogP contribution in [0.25, 0.3) is 0 Å². The molecule has 0 bridgehead atoms. The van der Waals surface area contributed by atoms with Gasteiger partial charge in [0.15, 0.2) is 0 Å². The average Bonchev–Trinajstić information content (AvgIpc) is 2.75. The minimum atomic E-state index is -3.52. The number of hydrogen-bond acceptors (Lipinski definition) is 4. The van der Waals surface area contributed by atoms with Gasteiger partial charge in [-0.1, -0.05) is 42.0 Å². The zero-order valence-electron chi connectivity index (χ0n) is 20.4. The number of amides is 2. The molecule has 7 nitrogen and oxygen atoms in total. The number of carbonyl (C=O) groups is 2. The number of likely N-dealkylation sites (N-methyl/N-ethyl adjacent to an activating group) is 1. The Morgan fingerprint density at radius 2 is 1.70 bits per heavy atom. The molecule has 2 rings (SSSR count). The zero-order chi connectivity index (χ0) is 24.8. The van der Waals surface area contributed by atoms with Crippen molar-refractivity contribution in [3.05, 3.63) is 64.7 Å². The van der Waals surface area contributed by atoms with Crippen molar-refractivity contribution in [2.45, 2.75) is 53.1 Å². The number of benzene rings is 2. The fraction of sp³-hybridized carbons (Fsp3) is 0.440. The molecular weight excluding hydrogens is 438 g/mol. The van der Waals surface area contributed by atoms with Crippen molar-refractivity contribution in [2.24, 2.45) is 0 Å². The predicted molar refractivity (Wildman–Crippen MR) is 133 cm³/mol. The standard InChI is InChI=1S/C25H35N3O4S/c1-18-9-7-10-22(15-18)17-27(21(4)25(30)26-5)24(29)11-8-14-28(33(6,31)32)23-16-19(2)12-13-20(23)3/h7,9-10,12-13,15-16,21H,8,11,14,17H2,1-6H3,(H,26,30). The second-order valence-corrected chi connectivity index (χ2v) is 10.4. The third kappa shape index (κ3) is 7.32. The van der Waals surface area contributed by atoms with Gasteiger partial charge >= 0.3 is 0 Å². The van der Waals surface area contributed by atoms with Gasteiger partial charge in [-0.2, -0.15) is 0 Å². The predicted octanol–water partition coefficient (Wildman–Crippen LogP) is 3.32. The van der Waals surface area contributed by atoms with Crippen LogP contribution in [-0.4, -0.2) is 51.0 Å². The zero-order valence-corrected chi connectivity index (χ0v) is 21.2. The van der Waals surface area contributed by atoms with Crippen LogP contribution < -0.4 is 9.62 Å². The van der Waals surface area contributed by atoms with Crippen LogP contribution in [0.4, 0.5) is 5.69 Å². The molecule has 0 saturated heterocycles. The van der Waals surface area contributed by atoms with Crippen LogP contribution in [0.3, 0.4) is 0 Å². The highest BCUT2D eigenvalue weighted by molar-refractivity contribution is 7.92. The summed E-state index contributed by atoms with van der Waals surface area (Å²) in [5.41, 5.74) is 4.45. The first-order valence-corrected chi connectivity index (χ1v) is 12.9. The molecule has 0 aliphatic heterocycles. The number of sulfonamides is 1. The minimum absolute atomic E-state index is 0.129. The van der Waals surface area contributed by atoms with Crippen LogP contribution >= 0.6 is 0 Å². The summed E-state index contributed by atoms with van der Waals surface area (Å²) in [6, 6.07) is 12.8. The molecule has 1 atom stereocenters. The molecule has 0 aliphatic rings. The molecule has 0 spiro atoms. The van der Waals surface area contributed by atoms with Gasteiger partial charge in [-0.25, -0.2) is 8.42 Å². The highest BCUT2D eigenvalue weighted by atomic mass is 32.2. The van der Waals surface area contributed by atoms with Gasteiger partial charge in [-0.05, 0) is 56.9 Å². The maximum absolute atomic E-state index is 13.2. The Morgan fingerprint density at radius 1 is 1.03 bits per heavy atom. The Hall–Kier alpha value is -2.87. The lowest BCUT2D eigenvalue weighted by atomic mass is 10.1. The summed E-state index contributed by atoms with van der Waals surface area (Å²) >= 11 is 0. The van der Waals surface area contributed by atoms with E-state index in [4.69, 9.17) is 0 Å². The monoisotopic (exact) mass is 473 g/mol. The number of anilines is 1. The molecule has 0 saturated carbocycles. The Morgan fingerprint density at radius 3 is 2.30 bits per heavy atom. The molecule has 0 fully saturated rings. The van der Waals surface area contributed by atoms with Crippen LogP contribution in [0.2, 0.25) is 0 Å². The van der Waals surface area contributed by atoms with Crippen LogP contribution in [0.1, 0.15) is 42.0 Å². The first-order valence-electron chi connectivity index (χ1n) is 11.1. The van der Waals surface area contributed by atoms with Crippen molar-refractivity contribution in [3.63, 3.8) is 0 Å². The topological polar surface area (TPSA) is 86.8 Å². The third-order valence-electron chi connectivity index (χ3n) is 5.63. The largest absolute Gasteiger partial charge is 0.357 e. The van der Waals surface area contributed by atoms with E-state index in [0.29, 0.717) is 18.7 Å². The summed E-state index contributed by atoms with van der Waals surface area (Å²) < 4.78 is 26.3. The second-order valence-electron chi connectivity index (χ2n) is 8.53. The summed E-state index contributed by atoms with van der Waals surface area (Å²) in [5, 5.41) is 2.60. The maximum atomic E-state index is 13.2. The lowest BCUT2D eigenvalue weighted by molar-refractivity contribution is -0.140. The van der Waals surface area contributed by atoms with Crippen molar-refractivity contribution < 1.29 is 18.0 Å². The Kier molecular flexibility index (Phi) is 9.05. The van der Waals surface area contributed by atoms with Gasteiger partial charge in [0.2, 0.25) is 21.8 Å². The lowest BCUT2D eigenvalue weighted by Crippen LogP contribution is -2.46. The van der Waals surface area contributed by atoms with Crippen LogP contribution in [0.5, 0.6) is 0 Å². The third-order valence-corrected chi connectivity index (χ3v) is 6.81. The van der Waals surface area contributed by atoms with Crippen LogP contribution in [0, 0.1) is 20.8 Å². The van der Waals surface area contributed by atoms with Gasteiger partial charge in [0, 0.05) is 26.6 Å². The number of aryl methyl sites for hydroxylation is 3. The lowest BCUT2D eigenvalue weighted by Gasteiger charge is -2.29. The minimum Gasteiger partial charge on any atom is -0.357 e. The van der Waals surface area contributed by atoms with E-state index in [1.54, 1.807) is 18.9 Å². The number of rotatable bonds is 10. The number of hydrogen-bond donors (Lipinski definition) is 1. The van der Waals surface area contributed by atoms with E-state index < -0.39 is 16.1 Å². The molecule has 1 N–H and O–H groups in total. The number of carbonyl (C=O) groups excluding carboxylic acids is 2. The quantitative estimate of drug-likeness (QED) is 0.574. The van der Waals surface area contributed by atoms with Crippen molar-refractivity contribution in [1.82, 2.24) is 10.2 Å². The summed E-state index contributed by atoms with van der Waals surface area (Å²) in [7, 11) is -1.97. The van der Waals surface area contributed by atoms with E-state index in [-0.39, 0.29) is 24.8 Å². The molecular formula is C25H35N3O4S. The van der Waals surface area contributed by atoms with E-state index in [0.717, 1.165) is 22.3 Å². The first kappa shape index (κ1) is 26.4. The molecule has 2 amide bonds. The Bertz CT molecular complexity index is 1100. The fourth-order valence-corrected chi connectivity index (χ4v) is 4.78. The van der Waals surface area contributed by atoms with E-state index >= 15 is 0 Å². The molecule has 0 radical (unpaired) electrons. The number of nitrogens with one attached hydrogen (secondary N) is 1. The van der Waals surface area contributed by atoms with Gasteiger partial charge in [-0.15, -0.1) is 0 Å². The van der Waals surface area contributed by atoms with Gasteiger partial charge in [-0.3, -0.25) is 13.9 Å². The SMILES string of the molecule is CNC(=O)C(C)N(Cc1cccc(C)c1)C(=O)CCCN(c1cc(C)ccc1C)S(C)(=O)=O. The van der Waals surface area contributed by atoms with Crippen molar-refractivity contribution in [1.29, 1.82) is 0 Å². The summed E-state index contributed by atoms with van der Waals surface area (Å²) in [6.45, 7) is 7.95. The highest BCUT2D eigenvalue weighted by Gasteiger charge is 2.26. The molecule has 33 heavy (non-hydrogen) atoms. The normalized spacial score (nSPS) is 12.2. The molecule has 1 unspecified atom stereocenters. The van der Waals surface area contributed by atoms with Gasteiger partial charge in [0.05, 0.1) is 11.9 Å². The molecule has 2 aromatic rings. The average molecular weight is 474 g/mol. The van der Waals surface area contributed by atoms with Gasteiger partial charge in [0.25, 0.3) is 0 Å². The molecule has 0 aromatic heterocycles. The van der Waals surface area contributed by atoms with E-state index in [1.807, 2.05) is 63.2 Å². The van der Waals surface area contributed by atoms with Gasteiger partial charge < -0.3 is 10.2 Å². The molecule has 8 heteroatoms. The molecule has 2 aromatic carbocycles. The summed E-state index contributed by atoms with van der Waals surface area (Å²) in [5.74, 6) is -0.439. The van der Waals surface area contributed by atoms with Gasteiger partial charge in [0.1, 0.15) is 6.04 Å². The van der Waals surface area contributed by atoms with Crippen LogP contribution in [-0.2, 0) is 26.2 Å². The smallest absolute Gasteiger partial charge is 0.242 e. The highest BCUT2D eigenvalue weighted by Crippen LogP contribution is 2.24. The van der Waals surface area contributed by atoms with Crippen LogP contribution in [0.15, 0.2) is 42.5 Å². The summed E-state index contributed by atoms with van der Waals surface area (Å²) in [4.78, 5) is 27.0. The fourth-order valence-electron chi connectivity index (χ4n) is 3.77. The molecule has 0 aliphatic carbocycles. The number of nitrogens with zero attached hydrogens (tertiary/aromatic N) is 2. The maximum Gasteiger partial charge on any atom is 0.242 e. The van der Waals surface area contributed by atoms with E-state index in [1.165, 1.54) is 10.6 Å². The Balaban J connectivity index is 2.18. The van der Waals surface area contributed by atoms with E-state index in [2.05, 4.69) is 5.32 Å². The molecule has 0 heterocycles. The Labute approximate surface area is 197 Å². The van der Waals surface area contributed by atoms with Crippen molar-refractivity contribution in [3.8, 4) is 0 Å². The van der Waals surface area contributed by atoms with Crippen molar-refractivity contribution in [2.75, 3.05) is 24.2 Å². The van der Waals surface area contributed by atoms with Crippen molar-refractivity contribution >= 4 is 27.5 Å². The molecule has 180 valence electrons. The summed E-state index contributed by atoms with van der Waals surface area (Å²) in [6.07, 6.45) is 1.64. The van der Waals surface area contributed by atoms with E-state index in [9.17, 15) is 18.0 Å². The second kappa shape index (κ2) is 11.3. The first-order chi connectivity index (χ1) is 15.4.